The summed E-state index contributed by atoms with van der Waals surface area (Å²) in [5.74, 6) is 0.798. The van der Waals surface area contributed by atoms with Gasteiger partial charge in [-0.2, -0.15) is 0 Å². The number of methoxy groups -OCH3 is 1. The van der Waals surface area contributed by atoms with Gasteiger partial charge in [-0.3, -0.25) is 4.98 Å². The third kappa shape index (κ3) is 3.72. The van der Waals surface area contributed by atoms with Gasteiger partial charge in [-0.15, -0.1) is 0 Å². The molecular formula is C25H21ClN4OS. The van der Waals surface area contributed by atoms with E-state index in [1.54, 1.807) is 7.11 Å². The van der Waals surface area contributed by atoms with Crippen LogP contribution in [0.2, 0.25) is 5.02 Å². The van der Waals surface area contributed by atoms with Crippen molar-refractivity contribution in [3.63, 3.8) is 0 Å². The highest BCUT2D eigenvalue weighted by Gasteiger charge is 2.42. The Hall–Kier alpha value is -3.35. The van der Waals surface area contributed by atoms with Crippen LogP contribution in [0, 0.1) is 0 Å². The maximum atomic E-state index is 6.30. The van der Waals surface area contributed by atoms with Crippen molar-refractivity contribution in [2.24, 2.45) is 0 Å². The number of pyridine rings is 1. The lowest BCUT2D eigenvalue weighted by molar-refractivity contribution is 0.415. The van der Waals surface area contributed by atoms with Gasteiger partial charge in [0.25, 0.3) is 0 Å². The molecule has 4 aromatic rings. The molecule has 0 radical (unpaired) electrons. The Morgan fingerprint density at radius 1 is 0.969 bits per heavy atom. The van der Waals surface area contributed by atoms with E-state index >= 15 is 0 Å². The van der Waals surface area contributed by atoms with Crippen molar-refractivity contribution < 1.29 is 4.74 Å². The van der Waals surface area contributed by atoms with Gasteiger partial charge in [-0.1, -0.05) is 23.7 Å². The van der Waals surface area contributed by atoms with Gasteiger partial charge in [0.15, 0.2) is 5.11 Å². The van der Waals surface area contributed by atoms with E-state index in [9.17, 15) is 0 Å². The first kappa shape index (κ1) is 20.5. The topological polar surface area (TPSA) is 42.3 Å². The Labute approximate surface area is 197 Å². The van der Waals surface area contributed by atoms with Crippen LogP contribution in [0.4, 0.5) is 5.69 Å². The number of ether oxygens (including phenoxy) is 1. The second-order valence-corrected chi connectivity index (χ2v) is 8.30. The van der Waals surface area contributed by atoms with Gasteiger partial charge < -0.3 is 19.5 Å². The number of nitrogens with zero attached hydrogens (tertiary/aromatic N) is 3. The predicted octanol–water partition coefficient (Wildman–Crippen LogP) is 5.71. The van der Waals surface area contributed by atoms with Crippen molar-refractivity contribution in [3.05, 3.63) is 108 Å². The van der Waals surface area contributed by atoms with Gasteiger partial charge in [0, 0.05) is 34.5 Å². The van der Waals surface area contributed by atoms with Crippen molar-refractivity contribution in [2.75, 3.05) is 12.0 Å². The second-order valence-electron chi connectivity index (χ2n) is 7.48. The molecule has 1 aliphatic rings. The summed E-state index contributed by atoms with van der Waals surface area (Å²) in [5, 5.41) is 4.84. The molecule has 5 rings (SSSR count). The van der Waals surface area contributed by atoms with Gasteiger partial charge in [0.05, 0.1) is 18.8 Å². The lowest BCUT2D eigenvalue weighted by Gasteiger charge is -2.29. The Balaban J connectivity index is 1.65. The van der Waals surface area contributed by atoms with Gasteiger partial charge in [0.2, 0.25) is 0 Å². The van der Waals surface area contributed by atoms with Crippen LogP contribution in [0.25, 0.3) is 5.69 Å². The zero-order chi connectivity index (χ0) is 22.1. The summed E-state index contributed by atoms with van der Waals surface area (Å²) in [6.45, 7) is 0. The number of aromatic nitrogens is 2. The first-order valence-electron chi connectivity index (χ1n) is 10.2. The van der Waals surface area contributed by atoms with Crippen LogP contribution in [0.3, 0.4) is 0 Å². The van der Waals surface area contributed by atoms with Crippen LogP contribution in [-0.2, 0) is 0 Å². The molecule has 0 unspecified atom stereocenters. The molecule has 3 heterocycles. The van der Waals surface area contributed by atoms with Crippen LogP contribution < -0.4 is 15.0 Å². The molecule has 1 fully saturated rings. The molecule has 1 saturated heterocycles. The molecule has 1 N–H and O–H groups in total. The van der Waals surface area contributed by atoms with Crippen molar-refractivity contribution in [1.82, 2.24) is 14.9 Å². The molecular weight excluding hydrogens is 440 g/mol. The molecule has 5 nitrogen and oxygen atoms in total. The van der Waals surface area contributed by atoms with Crippen molar-refractivity contribution in [3.8, 4) is 11.4 Å². The third-order valence-corrected chi connectivity index (χ3v) is 6.17. The maximum Gasteiger partial charge on any atom is 0.174 e. The van der Waals surface area contributed by atoms with E-state index in [-0.39, 0.29) is 12.1 Å². The summed E-state index contributed by atoms with van der Waals surface area (Å²) in [6, 6.07) is 25.6. The Bertz CT molecular complexity index is 1240. The highest BCUT2D eigenvalue weighted by Crippen LogP contribution is 2.42. The molecule has 2 atom stereocenters. The van der Waals surface area contributed by atoms with E-state index in [2.05, 4.69) is 25.8 Å². The number of benzene rings is 2. The zero-order valence-corrected chi connectivity index (χ0v) is 18.9. The largest absolute Gasteiger partial charge is 0.497 e. The molecule has 0 bridgehead atoms. The summed E-state index contributed by atoms with van der Waals surface area (Å²) in [6.07, 6.45) is 3.85. The quantitative estimate of drug-likeness (QED) is 0.386. The summed E-state index contributed by atoms with van der Waals surface area (Å²) >= 11 is 12.1. The van der Waals surface area contributed by atoms with E-state index in [1.807, 2.05) is 85.2 Å². The van der Waals surface area contributed by atoms with Gasteiger partial charge in [-0.05, 0) is 78.9 Å². The van der Waals surface area contributed by atoms with E-state index in [1.165, 1.54) is 0 Å². The van der Waals surface area contributed by atoms with E-state index in [0.29, 0.717) is 10.1 Å². The van der Waals surface area contributed by atoms with Crippen LogP contribution >= 0.6 is 23.8 Å². The fourth-order valence-electron chi connectivity index (χ4n) is 4.17. The molecule has 0 spiro atoms. The molecule has 2 aromatic carbocycles. The average molecular weight is 461 g/mol. The second kappa shape index (κ2) is 8.65. The lowest BCUT2D eigenvalue weighted by Crippen LogP contribution is -2.30. The van der Waals surface area contributed by atoms with Crippen LogP contribution in [0.15, 0.2) is 91.3 Å². The molecule has 32 heavy (non-hydrogen) atoms. The summed E-state index contributed by atoms with van der Waals surface area (Å²) < 4.78 is 7.49. The Morgan fingerprint density at radius 2 is 1.81 bits per heavy atom. The number of nitrogens with one attached hydrogen (secondary N) is 1. The molecule has 160 valence electrons. The minimum absolute atomic E-state index is 0.125. The van der Waals surface area contributed by atoms with Gasteiger partial charge in [0.1, 0.15) is 11.8 Å². The third-order valence-electron chi connectivity index (χ3n) is 5.62. The van der Waals surface area contributed by atoms with E-state index < -0.39 is 0 Å². The Kier molecular flexibility index (Phi) is 5.55. The first-order valence-corrected chi connectivity index (χ1v) is 11.0. The molecule has 7 heteroatoms. The number of hydrogen-bond acceptors (Lipinski definition) is 3. The Morgan fingerprint density at radius 3 is 2.53 bits per heavy atom. The smallest absolute Gasteiger partial charge is 0.174 e. The maximum absolute atomic E-state index is 6.30. The van der Waals surface area contributed by atoms with Crippen LogP contribution in [0.1, 0.15) is 23.5 Å². The van der Waals surface area contributed by atoms with E-state index in [4.69, 9.17) is 28.6 Å². The number of anilines is 1. The molecule has 1 aliphatic heterocycles. The average Bonchev–Trinajstić information content (AvgIpc) is 3.44. The number of halogens is 1. The minimum Gasteiger partial charge on any atom is -0.497 e. The predicted molar refractivity (Wildman–Crippen MR) is 132 cm³/mol. The van der Waals surface area contributed by atoms with Crippen molar-refractivity contribution in [2.45, 2.75) is 12.1 Å². The summed E-state index contributed by atoms with van der Waals surface area (Å²) in [4.78, 5) is 6.77. The highest BCUT2D eigenvalue weighted by molar-refractivity contribution is 7.80. The minimum atomic E-state index is -0.126. The lowest BCUT2D eigenvalue weighted by atomic mass is 10.0. The van der Waals surface area contributed by atoms with Gasteiger partial charge in [-0.25, -0.2) is 0 Å². The van der Waals surface area contributed by atoms with Gasteiger partial charge >= 0.3 is 0 Å². The van der Waals surface area contributed by atoms with Crippen molar-refractivity contribution >= 4 is 34.6 Å². The van der Waals surface area contributed by atoms with Crippen LogP contribution in [-0.4, -0.2) is 21.8 Å². The number of rotatable bonds is 5. The fourth-order valence-corrected chi connectivity index (χ4v) is 4.70. The van der Waals surface area contributed by atoms with Crippen molar-refractivity contribution in [1.29, 1.82) is 0 Å². The van der Waals surface area contributed by atoms with E-state index in [0.717, 1.165) is 28.5 Å². The fraction of sp³-hybridized carbons (Fsp3) is 0.120. The summed E-state index contributed by atoms with van der Waals surface area (Å²) in [5.41, 5.74) is 3.97. The summed E-state index contributed by atoms with van der Waals surface area (Å²) in [7, 11) is 1.66. The number of thiocarbonyl (C=S) groups is 1. The normalized spacial score (nSPS) is 17.9. The SMILES string of the molecule is COc1ccc(N2C(=S)N[C@H](c3ccccn3)[C@H]2c2cccn2-c2cccc(Cl)c2)cc1. The monoisotopic (exact) mass is 460 g/mol. The first-order chi connectivity index (χ1) is 15.7. The molecule has 0 aliphatic carbocycles. The standard InChI is InChI=1S/C25H21ClN4OS/c1-31-20-12-10-18(11-13-20)30-24(23(28-25(30)32)21-8-2-3-14-27-21)22-9-5-15-29(22)19-7-4-6-17(26)16-19/h2-16,23-24H,1H3,(H,28,32)/t23-,24-/m1/s1. The molecule has 0 amide bonds. The number of hydrogen-bond donors (Lipinski definition) is 1. The highest BCUT2D eigenvalue weighted by atomic mass is 35.5. The zero-order valence-electron chi connectivity index (χ0n) is 17.4. The molecule has 0 saturated carbocycles. The molecule has 2 aromatic heterocycles. The van der Waals surface area contributed by atoms with Crippen LogP contribution in [0.5, 0.6) is 5.75 Å².